The second kappa shape index (κ2) is 5.12. The van der Waals surface area contributed by atoms with E-state index in [4.69, 9.17) is 5.73 Å². The SMILES string of the molecule is Cc1ccc(N)cc1NC(=O)[C@H]1C[C@@]12CCCc1ccccc12. The molecule has 3 heteroatoms. The van der Waals surface area contributed by atoms with E-state index in [1.54, 1.807) is 0 Å². The Morgan fingerprint density at radius 1 is 1.26 bits per heavy atom. The van der Waals surface area contributed by atoms with Crippen molar-refractivity contribution in [2.24, 2.45) is 5.92 Å². The molecule has 1 fully saturated rings. The number of fused-ring (bicyclic) bond motifs is 2. The maximum absolute atomic E-state index is 12.8. The lowest BCUT2D eigenvalue weighted by Gasteiger charge is -2.26. The lowest BCUT2D eigenvalue weighted by molar-refractivity contribution is -0.117. The van der Waals surface area contributed by atoms with Gasteiger partial charge in [-0.05, 0) is 61.4 Å². The number of rotatable bonds is 2. The zero-order valence-corrected chi connectivity index (χ0v) is 13.4. The second-order valence-corrected chi connectivity index (χ2v) is 6.99. The first-order valence-electron chi connectivity index (χ1n) is 8.35. The largest absolute Gasteiger partial charge is 0.399 e. The van der Waals surface area contributed by atoms with Crippen molar-refractivity contribution in [1.82, 2.24) is 0 Å². The molecule has 2 atom stereocenters. The smallest absolute Gasteiger partial charge is 0.228 e. The summed E-state index contributed by atoms with van der Waals surface area (Å²) in [5.41, 5.74) is 11.3. The maximum atomic E-state index is 12.8. The molecule has 0 radical (unpaired) electrons. The fraction of sp³-hybridized carbons (Fsp3) is 0.350. The van der Waals surface area contributed by atoms with Crippen molar-refractivity contribution < 1.29 is 4.79 Å². The van der Waals surface area contributed by atoms with Gasteiger partial charge in [-0.3, -0.25) is 4.79 Å². The molecule has 0 heterocycles. The molecule has 1 amide bonds. The lowest BCUT2D eigenvalue weighted by atomic mass is 9.78. The molecule has 1 spiro atoms. The van der Waals surface area contributed by atoms with E-state index in [0.29, 0.717) is 5.69 Å². The standard InChI is InChI=1S/C20H22N2O/c1-13-8-9-15(21)11-18(13)22-19(23)17-12-20(17)10-4-6-14-5-2-3-7-16(14)20/h2-3,5,7-9,11,17H,4,6,10,12,21H2,1H3,(H,22,23)/t17-,20-/m1/s1. The predicted octanol–water partition coefficient (Wildman–Crippen LogP) is 3.81. The van der Waals surface area contributed by atoms with Gasteiger partial charge in [0.25, 0.3) is 0 Å². The van der Waals surface area contributed by atoms with E-state index >= 15 is 0 Å². The third kappa shape index (κ3) is 2.31. The molecule has 2 aliphatic rings. The Hall–Kier alpha value is -2.29. The van der Waals surface area contributed by atoms with Crippen molar-refractivity contribution in [2.75, 3.05) is 11.1 Å². The first kappa shape index (κ1) is 14.3. The number of nitrogen functional groups attached to an aromatic ring is 1. The van der Waals surface area contributed by atoms with Crippen LogP contribution in [0.15, 0.2) is 42.5 Å². The van der Waals surface area contributed by atoms with E-state index in [0.717, 1.165) is 30.5 Å². The van der Waals surface area contributed by atoms with Gasteiger partial charge >= 0.3 is 0 Å². The molecule has 4 rings (SSSR count). The summed E-state index contributed by atoms with van der Waals surface area (Å²) in [5.74, 6) is 0.222. The van der Waals surface area contributed by atoms with E-state index in [-0.39, 0.29) is 17.2 Å². The summed E-state index contributed by atoms with van der Waals surface area (Å²) >= 11 is 0. The third-order valence-corrected chi connectivity index (χ3v) is 5.53. The van der Waals surface area contributed by atoms with Gasteiger partial charge in [0.15, 0.2) is 0 Å². The van der Waals surface area contributed by atoms with Crippen LogP contribution in [-0.2, 0) is 16.6 Å². The van der Waals surface area contributed by atoms with Gasteiger partial charge in [-0.15, -0.1) is 0 Å². The van der Waals surface area contributed by atoms with Crippen LogP contribution in [0.2, 0.25) is 0 Å². The van der Waals surface area contributed by atoms with Gasteiger partial charge < -0.3 is 11.1 Å². The van der Waals surface area contributed by atoms with E-state index in [1.807, 2.05) is 25.1 Å². The topological polar surface area (TPSA) is 55.1 Å². The van der Waals surface area contributed by atoms with Gasteiger partial charge in [0.2, 0.25) is 5.91 Å². The van der Waals surface area contributed by atoms with E-state index in [1.165, 1.54) is 17.5 Å². The number of carbonyl (C=O) groups excluding carboxylic acids is 1. The average molecular weight is 306 g/mol. The van der Waals surface area contributed by atoms with Crippen LogP contribution in [0.25, 0.3) is 0 Å². The minimum atomic E-state index is 0.0765. The molecular formula is C20H22N2O. The summed E-state index contributed by atoms with van der Waals surface area (Å²) in [6.07, 6.45) is 4.41. The number of nitrogens with two attached hydrogens (primary N) is 1. The zero-order chi connectivity index (χ0) is 16.0. The van der Waals surface area contributed by atoms with Crippen molar-refractivity contribution in [1.29, 1.82) is 0 Å². The monoisotopic (exact) mass is 306 g/mol. The molecule has 2 aliphatic carbocycles. The molecule has 1 saturated carbocycles. The maximum Gasteiger partial charge on any atom is 0.228 e. The lowest BCUT2D eigenvalue weighted by Crippen LogP contribution is -2.25. The Labute approximate surface area is 136 Å². The summed E-state index contributed by atoms with van der Waals surface area (Å²) in [6.45, 7) is 1.99. The number of nitrogens with one attached hydrogen (secondary N) is 1. The van der Waals surface area contributed by atoms with Gasteiger partial charge in [-0.2, -0.15) is 0 Å². The minimum absolute atomic E-state index is 0.0765. The number of hydrogen-bond acceptors (Lipinski definition) is 2. The second-order valence-electron chi connectivity index (χ2n) is 6.99. The first-order chi connectivity index (χ1) is 11.1. The van der Waals surface area contributed by atoms with Gasteiger partial charge in [0, 0.05) is 22.7 Å². The average Bonchev–Trinajstić information content (AvgIpc) is 3.26. The van der Waals surface area contributed by atoms with Gasteiger partial charge in [-0.25, -0.2) is 0 Å². The van der Waals surface area contributed by atoms with Crippen LogP contribution in [0, 0.1) is 12.8 Å². The van der Waals surface area contributed by atoms with Crippen LogP contribution in [0.4, 0.5) is 11.4 Å². The Kier molecular flexibility index (Phi) is 3.19. The summed E-state index contributed by atoms with van der Waals surface area (Å²) < 4.78 is 0. The van der Waals surface area contributed by atoms with Crippen molar-refractivity contribution in [3.63, 3.8) is 0 Å². The van der Waals surface area contributed by atoms with Crippen LogP contribution in [0.1, 0.15) is 36.0 Å². The molecule has 3 N–H and O–H groups in total. The van der Waals surface area contributed by atoms with E-state index in [2.05, 4.69) is 29.6 Å². The first-order valence-corrected chi connectivity index (χ1v) is 8.35. The van der Waals surface area contributed by atoms with Crippen LogP contribution < -0.4 is 11.1 Å². The molecule has 118 valence electrons. The summed E-state index contributed by atoms with van der Waals surface area (Å²) in [5, 5.41) is 3.10. The normalized spacial score (nSPS) is 25.0. The Morgan fingerprint density at radius 2 is 2.09 bits per heavy atom. The fourth-order valence-corrected chi connectivity index (χ4v) is 4.17. The molecule has 3 nitrogen and oxygen atoms in total. The van der Waals surface area contributed by atoms with Crippen molar-refractivity contribution in [2.45, 2.75) is 38.0 Å². The Bertz CT molecular complexity index is 783. The number of hydrogen-bond donors (Lipinski definition) is 2. The van der Waals surface area contributed by atoms with Crippen LogP contribution in [0.3, 0.4) is 0 Å². The van der Waals surface area contributed by atoms with E-state index in [9.17, 15) is 4.79 Å². The molecule has 0 aliphatic heterocycles. The summed E-state index contributed by atoms with van der Waals surface area (Å²) in [4.78, 5) is 12.8. The molecule has 0 bridgehead atoms. The Morgan fingerprint density at radius 3 is 2.96 bits per heavy atom. The quantitative estimate of drug-likeness (QED) is 0.829. The van der Waals surface area contributed by atoms with E-state index < -0.39 is 0 Å². The molecule has 2 aromatic carbocycles. The number of benzene rings is 2. The molecule has 0 unspecified atom stereocenters. The van der Waals surface area contributed by atoms with Crippen LogP contribution >= 0.6 is 0 Å². The van der Waals surface area contributed by atoms with Crippen molar-refractivity contribution in [3.05, 3.63) is 59.2 Å². The van der Waals surface area contributed by atoms with Crippen molar-refractivity contribution in [3.8, 4) is 0 Å². The van der Waals surface area contributed by atoms with Gasteiger partial charge in [-0.1, -0.05) is 30.3 Å². The summed E-state index contributed by atoms with van der Waals surface area (Å²) in [6, 6.07) is 14.3. The molecular weight excluding hydrogens is 284 g/mol. The Balaban J connectivity index is 1.58. The van der Waals surface area contributed by atoms with Crippen LogP contribution in [0.5, 0.6) is 0 Å². The fourth-order valence-electron chi connectivity index (χ4n) is 4.17. The van der Waals surface area contributed by atoms with Gasteiger partial charge in [0.05, 0.1) is 0 Å². The highest BCUT2D eigenvalue weighted by atomic mass is 16.2. The number of aryl methyl sites for hydroxylation is 2. The zero-order valence-electron chi connectivity index (χ0n) is 13.4. The molecule has 0 saturated heterocycles. The molecule has 23 heavy (non-hydrogen) atoms. The number of anilines is 2. The predicted molar refractivity (Wildman–Crippen MR) is 93.4 cm³/mol. The highest BCUT2D eigenvalue weighted by molar-refractivity contribution is 5.97. The molecule has 0 aromatic heterocycles. The highest BCUT2D eigenvalue weighted by Gasteiger charge is 2.60. The number of amides is 1. The minimum Gasteiger partial charge on any atom is -0.399 e. The summed E-state index contributed by atoms with van der Waals surface area (Å²) in [7, 11) is 0. The number of carbonyl (C=O) groups is 1. The third-order valence-electron chi connectivity index (χ3n) is 5.53. The molecule has 2 aromatic rings. The highest BCUT2D eigenvalue weighted by Crippen LogP contribution is 2.60. The van der Waals surface area contributed by atoms with Crippen LogP contribution in [-0.4, -0.2) is 5.91 Å². The van der Waals surface area contributed by atoms with Gasteiger partial charge in [0.1, 0.15) is 0 Å². The van der Waals surface area contributed by atoms with Crippen molar-refractivity contribution >= 4 is 17.3 Å².